The predicted octanol–water partition coefficient (Wildman–Crippen LogP) is 2.83. The fourth-order valence-corrected chi connectivity index (χ4v) is 7.50. The van der Waals surface area contributed by atoms with Crippen LogP contribution in [0.5, 0.6) is 0 Å². The van der Waals surface area contributed by atoms with E-state index in [1.165, 1.54) is 25.7 Å². The minimum absolute atomic E-state index is 0.0438. The van der Waals surface area contributed by atoms with E-state index in [0.29, 0.717) is 30.7 Å². The van der Waals surface area contributed by atoms with E-state index in [-0.39, 0.29) is 29.9 Å². The summed E-state index contributed by atoms with van der Waals surface area (Å²) in [6.45, 7) is 3.04. The molecule has 2 saturated heterocycles. The number of fused-ring (bicyclic) bond motifs is 1. The highest BCUT2D eigenvalue weighted by Gasteiger charge is 2.43. The van der Waals surface area contributed by atoms with Gasteiger partial charge in [0.2, 0.25) is 11.8 Å². The molecule has 4 aliphatic rings. The number of nitrogens with one attached hydrogen (secondary N) is 5. The average molecular weight is 494 g/mol. The van der Waals surface area contributed by atoms with Crippen molar-refractivity contribution >= 4 is 29.6 Å². The molecule has 0 aromatic heterocycles. The lowest BCUT2D eigenvalue weighted by Crippen LogP contribution is -2.56. The average Bonchev–Trinajstić information content (AvgIpc) is 3.34. The number of unbranched alkanes of at least 4 members (excludes halogenated alkanes) is 3. The van der Waals surface area contributed by atoms with Crippen LogP contribution in [0.1, 0.15) is 84.0 Å². The Bertz CT molecular complexity index is 723. The molecular formula is C25H43N5O3S. The van der Waals surface area contributed by atoms with Gasteiger partial charge in [-0.05, 0) is 62.7 Å². The Labute approximate surface area is 208 Å². The molecule has 4 amide bonds. The molecule has 2 aliphatic carbocycles. The summed E-state index contributed by atoms with van der Waals surface area (Å²) in [4.78, 5) is 35.6. The number of hydrogen-bond donors (Lipinski definition) is 5. The van der Waals surface area contributed by atoms with Crippen molar-refractivity contribution in [2.24, 2.45) is 17.8 Å². The van der Waals surface area contributed by atoms with Crippen molar-refractivity contribution < 1.29 is 14.4 Å². The molecule has 192 valence electrons. The Morgan fingerprint density at radius 3 is 2.47 bits per heavy atom. The topological polar surface area (TPSA) is 111 Å². The van der Waals surface area contributed by atoms with Crippen LogP contribution in [-0.2, 0) is 9.59 Å². The molecule has 0 bridgehead atoms. The first-order valence-electron chi connectivity index (χ1n) is 13.5. The van der Waals surface area contributed by atoms with Gasteiger partial charge in [-0.1, -0.05) is 26.2 Å². The summed E-state index contributed by atoms with van der Waals surface area (Å²) in [5, 5.41) is 9.44. The molecule has 9 heteroatoms. The first-order valence-corrected chi connectivity index (χ1v) is 14.6. The van der Waals surface area contributed by atoms with Gasteiger partial charge in [0.15, 0.2) is 0 Å². The predicted molar refractivity (Wildman–Crippen MR) is 135 cm³/mol. The molecule has 34 heavy (non-hydrogen) atoms. The zero-order valence-electron chi connectivity index (χ0n) is 20.6. The van der Waals surface area contributed by atoms with Gasteiger partial charge in [-0.25, -0.2) is 10.2 Å². The number of carbonyl (C=O) groups excluding carboxylic acids is 3. The van der Waals surface area contributed by atoms with Gasteiger partial charge in [0.25, 0.3) is 0 Å². The first kappa shape index (κ1) is 25.6. The van der Waals surface area contributed by atoms with E-state index < -0.39 is 0 Å². The molecule has 0 spiro atoms. The molecule has 4 rings (SSSR count). The number of hydrazine groups is 1. The Morgan fingerprint density at radius 1 is 0.941 bits per heavy atom. The van der Waals surface area contributed by atoms with Gasteiger partial charge in [0, 0.05) is 36.4 Å². The Morgan fingerprint density at radius 2 is 1.74 bits per heavy atom. The third-order valence-electron chi connectivity index (χ3n) is 8.44. The smallest absolute Gasteiger partial charge is 0.315 e. The van der Waals surface area contributed by atoms with E-state index >= 15 is 0 Å². The zero-order valence-corrected chi connectivity index (χ0v) is 21.4. The lowest BCUT2D eigenvalue weighted by Gasteiger charge is -2.49. The summed E-state index contributed by atoms with van der Waals surface area (Å²) in [7, 11) is 0. The molecule has 0 radical (unpaired) electrons. The Kier molecular flexibility index (Phi) is 9.39. The van der Waals surface area contributed by atoms with Gasteiger partial charge in [-0.15, -0.1) is 0 Å². The van der Waals surface area contributed by atoms with E-state index in [0.717, 1.165) is 62.0 Å². The van der Waals surface area contributed by atoms with Crippen LogP contribution in [0.3, 0.4) is 0 Å². The van der Waals surface area contributed by atoms with Crippen LogP contribution >= 0.6 is 11.8 Å². The lowest BCUT2D eigenvalue weighted by atomic mass is 9.59. The fourth-order valence-electron chi connectivity index (χ4n) is 5.96. The minimum atomic E-state index is -0.0438. The number of hydrogen-bond acceptors (Lipinski definition) is 5. The normalized spacial score (nSPS) is 33.8. The zero-order chi connectivity index (χ0) is 23.9. The summed E-state index contributed by atoms with van der Waals surface area (Å²) in [5.74, 6) is 3.62. The third-order valence-corrected chi connectivity index (χ3v) is 9.95. The second kappa shape index (κ2) is 12.5. The summed E-state index contributed by atoms with van der Waals surface area (Å²) < 4.78 is 0. The highest BCUT2D eigenvalue weighted by Crippen LogP contribution is 2.47. The van der Waals surface area contributed by atoms with Crippen molar-refractivity contribution in [1.29, 1.82) is 0 Å². The van der Waals surface area contributed by atoms with Crippen molar-refractivity contribution in [3.63, 3.8) is 0 Å². The standard InChI is InChI=1S/C25H43N5O3S/c1-16-10-11-17(16)18-12-13-19(18)29-30-23(32)9-3-2-6-14-26-22(31)8-5-4-7-21-24-20(15-34-21)27-25(33)28-24/h16-21,24,29H,2-15H2,1H3,(H,26,31)(H,30,32)(H2,27,28,33)/t16?,17-,18?,19+,20-,21+,24-/m1/s1. The van der Waals surface area contributed by atoms with Crippen LogP contribution in [0.4, 0.5) is 4.79 Å². The molecule has 5 N–H and O–H groups in total. The van der Waals surface area contributed by atoms with E-state index in [1.54, 1.807) is 0 Å². The van der Waals surface area contributed by atoms with E-state index in [9.17, 15) is 14.4 Å². The van der Waals surface area contributed by atoms with Gasteiger partial charge in [-0.3, -0.25) is 15.0 Å². The van der Waals surface area contributed by atoms with Gasteiger partial charge in [0.05, 0.1) is 12.1 Å². The molecule has 2 unspecified atom stereocenters. The van der Waals surface area contributed by atoms with Crippen molar-refractivity contribution in [2.45, 2.75) is 107 Å². The third kappa shape index (κ3) is 6.80. The minimum Gasteiger partial charge on any atom is -0.356 e. The maximum atomic E-state index is 12.1. The van der Waals surface area contributed by atoms with Crippen LogP contribution in [0.2, 0.25) is 0 Å². The van der Waals surface area contributed by atoms with Crippen LogP contribution in [0.25, 0.3) is 0 Å². The van der Waals surface area contributed by atoms with Crippen LogP contribution in [0, 0.1) is 17.8 Å². The van der Waals surface area contributed by atoms with Crippen molar-refractivity contribution in [2.75, 3.05) is 12.3 Å². The summed E-state index contributed by atoms with van der Waals surface area (Å²) in [6, 6.07) is 0.929. The summed E-state index contributed by atoms with van der Waals surface area (Å²) >= 11 is 1.92. The number of rotatable bonds is 14. The SMILES string of the molecule is CC1CC[C@H]1C1CC[C@@H]1NNC(=O)CCCCCNC(=O)CCCC[C@@H]1SC[C@H]2NC(=O)N[C@@H]12. The molecule has 8 nitrogen and oxygen atoms in total. The maximum Gasteiger partial charge on any atom is 0.315 e. The number of amides is 4. The monoisotopic (exact) mass is 493 g/mol. The second-order valence-electron chi connectivity index (χ2n) is 10.8. The van der Waals surface area contributed by atoms with E-state index in [2.05, 4.69) is 33.7 Å². The van der Waals surface area contributed by atoms with Crippen LogP contribution in [-0.4, -0.2) is 53.5 Å². The number of thioether (sulfide) groups is 1. The van der Waals surface area contributed by atoms with Crippen molar-refractivity contribution in [3.05, 3.63) is 0 Å². The molecule has 0 aromatic rings. The summed E-state index contributed by atoms with van der Waals surface area (Å²) in [6.07, 6.45) is 11.9. The molecule has 2 heterocycles. The van der Waals surface area contributed by atoms with Crippen molar-refractivity contribution in [1.82, 2.24) is 26.8 Å². The van der Waals surface area contributed by atoms with Gasteiger partial charge in [-0.2, -0.15) is 11.8 Å². The highest BCUT2D eigenvalue weighted by molar-refractivity contribution is 8.00. The van der Waals surface area contributed by atoms with E-state index in [1.807, 2.05) is 11.8 Å². The Hall–Kier alpha value is -1.48. The molecule has 4 fully saturated rings. The first-order chi connectivity index (χ1) is 16.5. The van der Waals surface area contributed by atoms with Crippen LogP contribution in [0.15, 0.2) is 0 Å². The van der Waals surface area contributed by atoms with Gasteiger partial charge < -0.3 is 16.0 Å². The van der Waals surface area contributed by atoms with Gasteiger partial charge >= 0.3 is 6.03 Å². The van der Waals surface area contributed by atoms with Crippen LogP contribution < -0.4 is 26.8 Å². The number of urea groups is 1. The lowest BCUT2D eigenvalue weighted by molar-refractivity contribution is -0.123. The molecule has 0 aromatic carbocycles. The van der Waals surface area contributed by atoms with Gasteiger partial charge in [0.1, 0.15) is 0 Å². The fraction of sp³-hybridized carbons (Fsp3) is 0.880. The number of carbonyl (C=O) groups is 3. The molecular weight excluding hydrogens is 450 g/mol. The molecule has 7 atom stereocenters. The summed E-state index contributed by atoms with van der Waals surface area (Å²) in [5.41, 5.74) is 6.20. The highest BCUT2D eigenvalue weighted by atomic mass is 32.2. The maximum absolute atomic E-state index is 12.1. The largest absolute Gasteiger partial charge is 0.356 e. The van der Waals surface area contributed by atoms with E-state index in [4.69, 9.17) is 0 Å². The molecule has 2 saturated carbocycles. The van der Waals surface area contributed by atoms with Crippen molar-refractivity contribution in [3.8, 4) is 0 Å². The Balaban J connectivity index is 0.941. The second-order valence-corrected chi connectivity index (χ2v) is 12.1. The quantitative estimate of drug-likeness (QED) is 0.145. The molecule has 2 aliphatic heterocycles.